The van der Waals surface area contributed by atoms with Crippen LogP contribution in [-0.4, -0.2) is 20.5 Å². The number of benzene rings is 5. The van der Waals surface area contributed by atoms with Crippen LogP contribution in [0.5, 0.6) is 11.5 Å². The summed E-state index contributed by atoms with van der Waals surface area (Å²) in [4.78, 5) is 10.5. The lowest BCUT2D eigenvalue weighted by Gasteiger charge is -2.00. The summed E-state index contributed by atoms with van der Waals surface area (Å²) >= 11 is 0. The van der Waals surface area contributed by atoms with Gasteiger partial charge in [-0.05, 0) is 58.8 Å². The lowest BCUT2D eigenvalue weighted by atomic mass is 10.1. The number of carbonyl (C=O) groups is 1. The Kier molecular flexibility index (Phi) is 16.8. The minimum absolute atomic E-state index is 0.730. The van der Waals surface area contributed by atoms with Crippen molar-refractivity contribution in [2.45, 2.75) is 47.5 Å². The molecule has 0 fully saturated rings. The Morgan fingerprint density at radius 2 is 0.949 bits per heavy atom. The summed E-state index contributed by atoms with van der Waals surface area (Å²) in [6.07, 6.45) is 3.37. The average molecular weight is 525 g/mol. The zero-order valence-electron chi connectivity index (χ0n) is 24.6. The quantitative estimate of drug-likeness (QED) is 0.220. The Balaban J connectivity index is 0.000000268. The zero-order valence-corrected chi connectivity index (χ0v) is 24.6. The van der Waals surface area contributed by atoms with Gasteiger partial charge in [-0.1, -0.05) is 125 Å². The smallest absolute Gasteiger partial charge is 0.150 e. The van der Waals surface area contributed by atoms with Crippen molar-refractivity contribution >= 4 is 27.8 Å². The molecule has 0 aliphatic carbocycles. The van der Waals surface area contributed by atoms with Gasteiger partial charge in [-0.25, -0.2) is 0 Å². The van der Waals surface area contributed by atoms with Gasteiger partial charge in [-0.3, -0.25) is 4.79 Å². The molecule has 0 amide bonds. The van der Waals surface area contributed by atoms with Gasteiger partial charge in [-0.2, -0.15) is 0 Å². The molecule has 5 aromatic carbocycles. The van der Waals surface area contributed by atoms with Crippen molar-refractivity contribution in [2.24, 2.45) is 0 Å². The molecule has 0 atom stereocenters. The van der Waals surface area contributed by atoms with Crippen molar-refractivity contribution in [3.8, 4) is 11.5 Å². The molecule has 0 aliphatic heterocycles. The molecule has 3 nitrogen and oxygen atoms in total. The third-order valence-corrected chi connectivity index (χ3v) is 5.12. The maximum absolute atomic E-state index is 10.5. The average Bonchev–Trinajstić information content (AvgIpc) is 2.98. The highest BCUT2D eigenvalue weighted by molar-refractivity contribution is 5.88. The standard InChI is InChI=1S/C11H10O.C11H8O.C8H10O.2C3H8/c1-12-11-7-6-9-4-2-3-5-10(9)8-11;12-8-9-5-6-10-3-1-2-4-11(10)7-9;1-7-3-5-8(9-2)6-4-7;2*1-3-2/h2-8H,1H3;1-8H;3-6H,1-2H3;2*3H2,1-2H3. The van der Waals surface area contributed by atoms with Gasteiger partial charge in [0.1, 0.15) is 17.8 Å². The van der Waals surface area contributed by atoms with Crippen LogP contribution in [0.15, 0.2) is 109 Å². The van der Waals surface area contributed by atoms with E-state index in [9.17, 15) is 4.79 Å². The van der Waals surface area contributed by atoms with Crippen molar-refractivity contribution in [1.82, 2.24) is 0 Å². The third kappa shape index (κ3) is 12.8. The van der Waals surface area contributed by atoms with Crippen LogP contribution in [0.3, 0.4) is 0 Å². The Labute approximate surface area is 235 Å². The lowest BCUT2D eigenvalue weighted by molar-refractivity contribution is 0.112. The van der Waals surface area contributed by atoms with Gasteiger partial charge >= 0.3 is 0 Å². The summed E-state index contributed by atoms with van der Waals surface area (Å²) in [5, 5.41) is 4.75. The van der Waals surface area contributed by atoms with E-state index >= 15 is 0 Å². The summed E-state index contributed by atoms with van der Waals surface area (Å²) in [6.45, 7) is 10.6. The van der Waals surface area contributed by atoms with Crippen molar-refractivity contribution in [2.75, 3.05) is 14.2 Å². The Morgan fingerprint density at radius 1 is 0.538 bits per heavy atom. The first kappa shape index (κ1) is 32.9. The third-order valence-electron chi connectivity index (χ3n) is 5.12. The van der Waals surface area contributed by atoms with Gasteiger partial charge in [0.2, 0.25) is 0 Å². The van der Waals surface area contributed by atoms with E-state index in [2.05, 4.69) is 52.8 Å². The summed E-state index contributed by atoms with van der Waals surface area (Å²) in [5.41, 5.74) is 1.99. The number of aldehydes is 1. The predicted molar refractivity (Wildman–Crippen MR) is 169 cm³/mol. The Morgan fingerprint density at radius 3 is 1.41 bits per heavy atom. The van der Waals surface area contributed by atoms with E-state index < -0.39 is 0 Å². The van der Waals surface area contributed by atoms with Gasteiger partial charge in [0.25, 0.3) is 0 Å². The second kappa shape index (κ2) is 19.9. The number of carbonyl (C=O) groups excluding carboxylic acids is 1. The minimum Gasteiger partial charge on any atom is -0.497 e. The largest absolute Gasteiger partial charge is 0.497 e. The molecular formula is C36H44O3. The number of fused-ring (bicyclic) bond motifs is 2. The highest BCUT2D eigenvalue weighted by atomic mass is 16.5. The topological polar surface area (TPSA) is 35.5 Å². The molecule has 0 N–H and O–H groups in total. The molecular weight excluding hydrogens is 480 g/mol. The molecule has 0 aliphatic rings. The van der Waals surface area contributed by atoms with Gasteiger partial charge in [0.15, 0.2) is 0 Å². The number of aryl methyl sites for hydroxylation is 1. The maximum atomic E-state index is 10.5. The van der Waals surface area contributed by atoms with Crippen LogP contribution in [0.1, 0.15) is 56.5 Å². The number of hydrogen-bond acceptors (Lipinski definition) is 3. The Bertz CT molecular complexity index is 1340. The summed E-state index contributed by atoms with van der Waals surface area (Å²) in [7, 11) is 3.36. The van der Waals surface area contributed by atoms with Gasteiger partial charge < -0.3 is 9.47 Å². The van der Waals surface area contributed by atoms with Gasteiger partial charge in [-0.15, -0.1) is 0 Å². The van der Waals surface area contributed by atoms with E-state index in [0.29, 0.717) is 0 Å². The molecule has 0 aromatic heterocycles. The van der Waals surface area contributed by atoms with E-state index in [4.69, 9.17) is 9.47 Å². The fourth-order valence-corrected chi connectivity index (χ4v) is 3.25. The van der Waals surface area contributed by atoms with Crippen molar-refractivity contribution < 1.29 is 14.3 Å². The number of hydrogen-bond donors (Lipinski definition) is 0. The first-order valence-corrected chi connectivity index (χ1v) is 13.5. The van der Waals surface area contributed by atoms with Crippen molar-refractivity contribution in [1.29, 1.82) is 0 Å². The monoisotopic (exact) mass is 524 g/mol. The van der Waals surface area contributed by atoms with Crippen LogP contribution in [-0.2, 0) is 0 Å². The second-order valence-corrected chi connectivity index (χ2v) is 8.87. The summed E-state index contributed by atoms with van der Waals surface area (Å²) < 4.78 is 10.1. The molecule has 39 heavy (non-hydrogen) atoms. The normalized spacial score (nSPS) is 9.21. The van der Waals surface area contributed by atoms with Gasteiger partial charge in [0.05, 0.1) is 14.2 Å². The fourth-order valence-electron chi connectivity index (χ4n) is 3.25. The number of methoxy groups -OCH3 is 2. The summed E-state index contributed by atoms with van der Waals surface area (Å²) in [5.74, 6) is 1.83. The zero-order chi connectivity index (χ0) is 28.9. The molecule has 3 heteroatoms. The van der Waals surface area contributed by atoms with Crippen LogP contribution in [0.4, 0.5) is 0 Å². The Hall–Kier alpha value is -4.11. The van der Waals surface area contributed by atoms with E-state index in [1.165, 1.54) is 34.6 Å². The molecule has 0 heterocycles. The van der Waals surface area contributed by atoms with E-state index in [1.807, 2.05) is 91.0 Å². The second-order valence-electron chi connectivity index (χ2n) is 8.87. The number of ether oxygens (including phenoxy) is 2. The van der Waals surface area contributed by atoms with Crippen molar-refractivity contribution in [3.63, 3.8) is 0 Å². The molecule has 0 radical (unpaired) electrons. The van der Waals surface area contributed by atoms with Crippen LogP contribution in [0, 0.1) is 6.92 Å². The molecule has 0 bridgehead atoms. The molecule has 5 aromatic rings. The SMILES string of the molecule is CCC.CCC.COc1ccc(C)cc1.COc1ccc2ccccc2c1.O=Cc1ccc2ccccc2c1. The molecule has 206 valence electrons. The van der Waals surface area contributed by atoms with Crippen LogP contribution >= 0.6 is 0 Å². The first-order valence-electron chi connectivity index (χ1n) is 13.5. The van der Waals surface area contributed by atoms with Crippen LogP contribution in [0.2, 0.25) is 0 Å². The van der Waals surface area contributed by atoms with E-state index in [1.54, 1.807) is 14.2 Å². The van der Waals surface area contributed by atoms with Gasteiger partial charge in [0, 0.05) is 5.56 Å². The van der Waals surface area contributed by atoms with E-state index in [-0.39, 0.29) is 0 Å². The van der Waals surface area contributed by atoms with Crippen molar-refractivity contribution in [3.05, 3.63) is 120 Å². The van der Waals surface area contributed by atoms with E-state index in [0.717, 1.165) is 28.7 Å². The predicted octanol–water partition coefficient (Wildman–Crippen LogP) is 10.3. The lowest BCUT2D eigenvalue weighted by Crippen LogP contribution is -1.81. The number of rotatable bonds is 3. The summed E-state index contributed by atoms with van der Waals surface area (Å²) in [6, 6.07) is 35.9. The molecule has 0 spiro atoms. The molecule has 0 saturated carbocycles. The fraction of sp³-hybridized carbons (Fsp3) is 0.250. The molecule has 0 unspecified atom stereocenters. The highest BCUT2D eigenvalue weighted by Gasteiger charge is 1.94. The maximum Gasteiger partial charge on any atom is 0.150 e. The van der Waals surface area contributed by atoms with Crippen LogP contribution < -0.4 is 9.47 Å². The highest BCUT2D eigenvalue weighted by Crippen LogP contribution is 2.19. The molecule has 0 saturated heterocycles. The van der Waals surface area contributed by atoms with Crippen LogP contribution in [0.25, 0.3) is 21.5 Å². The molecule has 5 rings (SSSR count). The first-order chi connectivity index (χ1) is 19.0. The minimum atomic E-state index is 0.730.